The van der Waals surface area contributed by atoms with Crippen LogP contribution in [0.4, 0.5) is 0 Å². The van der Waals surface area contributed by atoms with Crippen molar-refractivity contribution in [1.82, 2.24) is 10.2 Å². The van der Waals surface area contributed by atoms with Crippen LogP contribution in [0.15, 0.2) is 0 Å². The number of nitrogens with zero attached hydrogens (tertiary/aromatic N) is 1. The van der Waals surface area contributed by atoms with E-state index in [9.17, 15) is 9.59 Å². The van der Waals surface area contributed by atoms with Crippen LogP contribution >= 0.6 is 0 Å². The highest BCUT2D eigenvalue weighted by molar-refractivity contribution is 5.87. The van der Waals surface area contributed by atoms with E-state index in [1.54, 1.807) is 4.90 Å². The fraction of sp³-hybridized carbons (Fsp3) is 0.818. The molecule has 4 nitrogen and oxygen atoms in total. The Hall–Kier alpha value is -1.06. The van der Waals surface area contributed by atoms with Crippen LogP contribution in [0.1, 0.15) is 34.6 Å². The van der Waals surface area contributed by atoms with Crippen molar-refractivity contribution in [2.45, 2.75) is 40.7 Å². The molecule has 0 spiro atoms. The molecule has 0 fully saturated rings. The molecule has 15 heavy (non-hydrogen) atoms. The third kappa shape index (κ3) is 4.32. The van der Waals surface area contributed by atoms with Gasteiger partial charge in [0.25, 0.3) is 0 Å². The number of hydrogen-bond acceptors (Lipinski definition) is 2. The van der Waals surface area contributed by atoms with Crippen molar-refractivity contribution >= 4 is 11.8 Å². The third-order valence-electron chi connectivity index (χ3n) is 2.37. The molecule has 0 aliphatic carbocycles. The van der Waals surface area contributed by atoms with Crippen molar-refractivity contribution in [3.05, 3.63) is 0 Å². The minimum Gasteiger partial charge on any atom is -0.344 e. The fourth-order valence-electron chi connectivity index (χ4n) is 1.46. The van der Waals surface area contributed by atoms with Crippen molar-refractivity contribution in [1.29, 1.82) is 0 Å². The lowest BCUT2D eigenvalue weighted by Gasteiger charge is -2.27. The largest absolute Gasteiger partial charge is 0.344 e. The average Bonchev–Trinajstić information content (AvgIpc) is 2.15. The molecule has 0 aromatic heterocycles. The first-order valence-corrected chi connectivity index (χ1v) is 5.49. The van der Waals surface area contributed by atoms with Crippen molar-refractivity contribution in [2.75, 3.05) is 13.1 Å². The van der Waals surface area contributed by atoms with E-state index in [1.165, 1.54) is 6.92 Å². The Labute approximate surface area is 92.0 Å². The van der Waals surface area contributed by atoms with Crippen LogP contribution in [-0.2, 0) is 9.59 Å². The van der Waals surface area contributed by atoms with Gasteiger partial charge in [0.1, 0.15) is 6.04 Å². The summed E-state index contributed by atoms with van der Waals surface area (Å²) < 4.78 is 0. The molecule has 0 bridgehead atoms. The number of nitrogens with one attached hydrogen (secondary N) is 1. The van der Waals surface area contributed by atoms with E-state index in [0.29, 0.717) is 13.1 Å². The van der Waals surface area contributed by atoms with Crippen LogP contribution < -0.4 is 5.32 Å². The number of rotatable bonds is 5. The second kappa shape index (κ2) is 6.43. The topological polar surface area (TPSA) is 49.4 Å². The summed E-state index contributed by atoms with van der Waals surface area (Å²) in [5, 5.41) is 2.70. The van der Waals surface area contributed by atoms with E-state index in [4.69, 9.17) is 0 Å². The maximum atomic E-state index is 12.0. The molecular weight excluding hydrogens is 192 g/mol. The van der Waals surface area contributed by atoms with Gasteiger partial charge in [0.15, 0.2) is 0 Å². The average molecular weight is 214 g/mol. The first-order chi connectivity index (χ1) is 6.93. The summed E-state index contributed by atoms with van der Waals surface area (Å²) in [6, 6.07) is -0.401. The minimum absolute atomic E-state index is 0.00481. The molecule has 2 amide bonds. The second-order valence-electron chi connectivity index (χ2n) is 3.93. The molecule has 0 saturated carbocycles. The molecule has 0 aromatic rings. The summed E-state index contributed by atoms with van der Waals surface area (Å²) in [5.41, 5.74) is 0. The summed E-state index contributed by atoms with van der Waals surface area (Å²) in [4.78, 5) is 24.7. The standard InChI is InChI=1S/C11H22N2O2/c1-6-13(7-2)11(15)10(8(3)4)12-9(5)14/h8,10H,6-7H2,1-5H3,(H,12,14)/t10-/m0/s1. The predicted octanol–water partition coefficient (Wildman–Crippen LogP) is 1.02. The van der Waals surface area contributed by atoms with Crippen LogP contribution in [0.3, 0.4) is 0 Å². The molecule has 0 unspecified atom stereocenters. The first kappa shape index (κ1) is 13.9. The quantitative estimate of drug-likeness (QED) is 0.742. The monoisotopic (exact) mass is 214 g/mol. The number of hydrogen-bond donors (Lipinski definition) is 1. The van der Waals surface area contributed by atoms with Gasteiger partial charge in [-0.05, 0) is 19.8 Å². The molecule has 88 valence electrons. The summed E-state index contributed by atoms with van der Waals surface area (Å²) in [5.74, 6) is -0.0404. The van der Waals surface area contributed by atoms with E-state index >= 15 is 0 Å². The zero-order valence-electron chi connectivity index (χ0n) is 10.3. The highest BCUT2D eigenvalue weighted by atomic mass is 16.2. The van der Waals surface area contributed by atoms with Gasteiger partial charge in [-0.2, -0.15) is 0 Å². The lowest BCUT2D eigenvalue weighted by Crippen LogP contribution is -2.50. The zero-order chi connectivity index (χ0) is 12.0. The van der Waals surface area contributed by atoms with Gasteiger partial charge >= 0.3 is 0 Å². The van der Waals surface area contributed by atoms with Crippen molar-refractivity contribution < 1.29 is 9.59 Å². The highest BCUT2D eigenvalue weighted by Gasteiger charge is 2.26. The van der Waals surface area contributed by atoms with Crippen LogP contribution in [0.5, 0.6) is 0 Å². The zero-order valence-corrected chi connectivity index (χ0v) is 10.3. The molecule has 0 aliphatic rings. The Morgan fingerprint density at radius 2 is 1.67 bits per heavy atom. The van der Waals surface area contributed by atoms with Crippen LogP contribution in [0.25, 0.3) is 0 Å². The second-order valence-corrected chi connectivity index (χ2v) is 3.93. The number of carbonyl (C=O) groups excluding carboxylic acids is 2. The van der Waals surface area contributed by atoms with Gasteiger partial charge in [0, 0.05) is 20.0 Å². The van der Waals surface area contributed by atoms with E-state index in [0.717, 1.165) is 0 Å². The van der Waals surface area contributed by atoms with Crippen LogP contribution in [0, 0.1) is 5.92 Å². The van der Waals surface area contributed by atoms with Crippen molar-refractivity contribution in [3.8, 4) is 0 Å². The molecule has 0 heterocycles. The molecule has 0 radical (unpaired) electrons. The van der Waals surface area contributed by atoms with Gasteiger partial charge < -0.3 is 10.2 Å². The third-order valence-corrected chi connectivity index (χ3v) is 2.37. The molecule has 1 atom stereocenters. The van der Waals surface area contributed by atoms with Crippen LogP contribution in [-0.4, -0.2) is 35.8 Å². The van der Waals surface area contributed by atoms with E-state index in [1.807, 2.05) is 27.7 Å². The molecule has 0 aliphatic heterocycles. The van der Waals surface area contributed by atoms with Gasteiger partial charge in [-0.1, -0.05) is 13.8 Å². The normalized spacial score (nSPS) is 12.4. The molecule has 0 rings (SSSR count). The molecule has 4 heteroatoms. The molecule has 1 N–H and O–H groups in total. The first-order valence-electron chi connectivity index (χ1n) is 5.49. The number of carbonyl (C=O) groups is 2. The summed E-state index contributed by atoms with van der Waals surface area (Å²) in [7, 11) is 0. The van der Waals surface area contributed by atoms with Gasteiger partial charge in [0.2, 0.25) is 11.8 Å². The smallest absolute Gasteiger partial charge is 0.245 e. The maximum Gasteiger partial charge on any atom is 0.245 e. The van der Waals surface area contributed by atoms with E-state index < -0.39 is 6.04 Å². The Kier molecular flexibility index (Phi) is 5.97. The van der Waals surface area contributed by atoms with Crippen molar-refractivity contribution in [2.24, 2.45) is 5.92 Å². The fourth-order valence-corrected chi connectivity index (χ4v) is 1.46. The summed E-state index contributed by atoms with van der Waals surface area (Å²) in [6.07, 6.45) is 0. The number of amides is 2. The number of likely N-dealkylation sites (N-methyl/N-ethyl adjacent to an activating group) is 1. The predicted molar refractivity (Wildman–Crippen MR) is 60.4 cm³/mol. The van der Waals surface area contributed by atoms with Gasteiger partial charge in [-0.15, -0.1) is 0 Å². The summed E-state index contributed by atoms with van der Waals surface area (Å²) >= 11 is 0. The Morgan fingerprint density at radius 1 is 1.20 bits per heavy atom. The van der Waals surface area contributed by atoms with Gasteiger partial charge in [-0.25, -0.2) is 0 Å². The molecule has 0 aromatic carbocycles. The Bertz CT molecular complexity index is 223. The van der Waals surface area contributed by atoms with E-state index in [2.05, 4.69) is 5.32 Å². The lowest BCUT2D eigenvalue weighted by molar-refractivity contribution is -0.137. The maximum absolute atomic E-state index is 12.0. The Morgan fingerprint density at radius 3 is 1.93 bits per heavy atom. The molecular formula is C11H22N2O2. The molecule has 0 saturated heterocycles. The Balaban J connectivity index is 4.60. The van der Waals surface area contributed by atoms with E-state index in [-0.39, 0.29) is 17.7 Å². The highest BCUT2D eigenvalue weighted by Crippen LogP contribution is 2.06. The van der Waals surface area contributed by atoms with Gasteiger partial charge in [0.05, 0.1) is 0 Å². The van der Waals surface area contributed by atoms with Gasteiger partial charge in [-0.3, -0.25) is 9.59 Å². The lowest BCUT2D eigenvalue weighted by atomic mass is 10.0. The summed E-state index contributed by atoms with van der Waals surface area (Å²) in [6.45, 7) is 10.5. The van der Waals surface area contributed by atoms with Crippen LogP contribution in [0.2, 0.25) is 0 Å². The SMILES string of the molecule is CCN(CC)C(=O)[C@@H](NC(C)=O)C(C)C. The van der Waals surface area contributed by atoms with Crippen molar-refractivity contribution in [3.63, 3.8) is 0 Å². The minimum atomic E-state index is -0.401.